The third-order valence-electron chi connectivity index (χ3n) is 6.76. The molecular weight excluding hydrogens is 438 g/mol. The first-order valence-corrected chi connectivity index (χ1v) is 12.2. The fraction of sp³-hybridized carbons (Fsp3) is 0.448. The van der Waals surface area contributed by atoms with Crippen molar-refractivity contribution in [1.29, 1.82) is 0 Å². The van der Waals surface area contributed by atoms with E-state index in [9.17, 15) is 14.7 Å². The van der Waals surface area contributed by atoms with Crippen LogP contribution in [0.1, 0.15) is 77.0 Å². The lowest BCUT2D eigenvalue weighted by Crippen LogP contribution is -2.62. The Balaban J connectivity index is 2.27. The van der Waals surface area contributed by atoms with Crippen LogP contribution in [0.2, 0.25) is 0 Å². The largest absolute Gasteiger partial charge is 0.386 e. The molecule has 1 fully saturated rings. The zero-order valence-electron chi connectivity index (χ0n) is 22.0. The minimum Gasteiger partial charge on any atom is -0.386 e. The number of allylic oxidation sites excluding steroid dienone is 5. The van der Waals surface area contributed by atoms with Crippen LogP contribution in [-0.2, 0) is 27.8 Å². The average Bonchev–Trinajstić information content (AvgIpc) is 3.18. The Hall–Kier alpha value is -3.12. The lowest BCUT2D eigenvalue weighted by molar-refractivity contribution is -0.139. The number of hydrogen-bond donors (Lipinski definition) is 4. The number of hydrogen-bond acceptors (Lipinski definition) is 3. The monoisotopic (exact) mass is 477 g/mol. The minimum atomic E-state index is -1.23. The number of aromatic amines is 1. The van der Waals surface area contributed by atoms with Gasteiger partial charge < -0.3 is 20.7 Å². The fourth-order valence-electron chi connectivity index (χ4n) is 4.45. The van der Waals surface area contributed by atoms with E-state index < -0.39 is 29.5 Å². The van der Waals surface area contributed by atoms with Gasteiger partial charge in [0.25, 0.3) is 0 Å². The van der Waals surface area contributed by atoms with Gasteiger partial charge in [0.15, 0.2) is 0 Å². The summed E-state index contributed by atoms with van der Waals surface area (Å²) >= 11 is 0. The van der Waals surface area contributed by atoms with Crippen molar-refractivity contribution in [2.75, 3.05) is 0 Å². The molecule has 188 valence electrons. The summed E-state index contributed by atoms with van der Waals surface area (Å²) < 4.78 is 0. The van der Waals surface area contributed by atoms with E-state index in [2.05, 4.69) is 68.1 Å². The second-order valence-corrected chi connectivity index (χ2v) is 10.6. The lowest BCUT2D eigenvalue weighted by atomic mass is 9.83. The van der Waals surface area contributed by atoms with E-state index in [-0.39, 0.29) is 5.91 Å². The number of benzene rings is 1. The molecule has 1 aromatic heterocycles. The van der Waals surface area contributed by atoms with Crippen LogP contribution in [0.5, 0.6) is 0 Å². The molecule has 0 saturated carbocycles. The zero-order valence-corrected chi connectivity index (χ0v) is 22.0. The summed E-state index contributed by atoms with van der Waals surface area (Å²) in [7, 11) is 0. The maximum absolute atomic E-state index is 12.8. The SMILES string of the molecule is C=CC(C)(C)c1[nH]c2c(CC=C(C)C)c(CC=C(C)C)ccc2c1[C@@H](O)[C@@H]1NC(=O)[C@H](C)NC1=O. The Kier molecular flexibility index (Phi) is 7.75. The molecule has 0 bridgehead atoms. The van der Waals surface area contributed by atoms with Crippen molar-refractivity contribution in [2.24, 2.45) is 0 Å². The van der Waals surface area contributed by atoms with Crippen LogP contribution in [0.3, 0.4) is 0 Å². The number of rotatable bonds is 8. The number of aliphatic hydroxyl groups is 1. The summed E-state index contributed by atoms with van der Waals surface area (Å²) in [6.07, 6.45) is 6.56. The molecule has 0 aliphatic carbocycles. The molecule has 1 aliphatic heterocycles. The summed E-state index contributed by atoms with van der Waals surface area (Å²) in [5.41, 5.74) is 6.68. The number of aliphatic hydroxyl groups excluding tert-OH is 1. The van der Waals surface area contributed by atoms with Crippen LogP contribution in [0.25, 0.3) is 10.9 Å². The standard InChI is InChI=1S/C29H39N3O3/c1-9-29(7,8)26-22(25(33)24-28(35)30-18(6)27(34)32-24)21-15-13-19(12-10-16(2)3)20(23(21)31-26)14-11-17(4)5/h9-11,13,15,18,24-25,31,33H,1,12,14H2,2-8H3,(H,30,35)(H,32,34)/t18-,24-,25+/m0/s1. The third-order valence-corrected chi connectivity index (χ3v) is 6.76. The second-order valence-electron chi connectivity index (χ2n) is 10.6. The average molecular weight is 478 g/mol. The van der Waals surface area contributed by atoms with E-state index in [4.69, 9.17) is 0 Å². The number of H-pyrrole nitrogens is 1. The number of fused-ring (bicyclic) bond motifs is 1. The topological polar surface area (TPSA) is 94.2 Å². The highest BCUT2D eigenvalue weighted by molar-refractivity contribution is 5.98. The van der Waals surface area contributed by atoms with Crippen molar-refractivity contribution >= 4 is 22.7 Å². The molecular formula is C29H39N3O3. The van der Waals surface area contributed by atoms with Crippen molar-refractivity contribution in [3.63, 3.8) is 0 Å². The van der Waals surface area contributed by atoms with E-state index in [1.807, 2.05) is 26.0 Å². The predicted octanol–water partition coefficient (Wildman–Crippen LogP) is 4.69. The Morgan fingerprint density at radius 1 is 1.06 bits per heavy atom. The Labute approximate surface area is 208 Å². The molecule has 4 N–H and O–H groups in total. The van der Waals surface area contributed by atoms with Gasteiger partial charge in [0, 0.05) is 27.6 Å². The first-order chi connectivity index (χ1) is 16.4. The summed E-state index contributed by atoms with van der Waals surface area (Å²) in [6.45, 7) is 18.0. The van der Waals surface area contributed by atoms with Gasteiger partial charge in [-0.15, -0.1) is 6.58 Å². The molecule has 1 saturated heterocycles. The highest BCUT2D eigenvalue weighted by Gasteiger charge is 2.40. The van der Waals surface area contributed by atoms with E-state index in [0.29, 0.717) is 5.56 Å². The van der Waals surface area contributed by atoms with E-state index in [1.54, 1.807) is 6.92 Å². The van der Waals surface area contributed by atoms with Gasteiger partial charge in [-0.3, -0.25) is 9.59 Å². The van der Waals surface area contributed by atoms with Crippen molar-refractivity contribution in [3.8, 4) is 0 Å². The Bertz CT molecular complexity index is 1210. The molecule has 6 heteroatoms. The van der Waals surface area contributed by atoms with Gasteiger partial charge >= 0.3 is 0 Å². The van der Waals surface area contributed by atoms with Crippen molar-refractivity contribution < 1.29 is 14.7 Å². The predicted molar refractivity (Wildman–Crippen MR) is 142 cm³/mol. The van der Waals surface area contributed by atoms with Crippen LogP contribution in [0, 0.1) is 0 Å². The van der Waals surface area contributed by atoms with E-state index in [1.165, 1.54) is 16.7 Å². The van der Waals surface area contributed by atoms with Crippen molar-refractivity contribution in [2.45, 2.75) is 84.9 Å². The summed E-state index contributed by atoms with van der Waals surface area (Å²) in [4.78, 5) is 28.7. The maximum Gasteiger partial charge on any atom is 0.246 e. The lowest BCUT2D eigenvalue weighted by Gasteiger charge is -2.32. The molecule has 1 aliphatic rings. The van der Waals surface area contributed by atoms with E-state index >= 15 is 0 Å². The molecule has 0 unspecified atom stereocenters. The fourth-order valence-corrected chi connectivity index (χ4v) is 4.45. The molecule has 35 heavy (non-hydrogen) atoms. The first-order valence-electron chi connectivity index (χ1n) is 12.2. The second kappa shape index (κ2) is 10.2. The molecule has 6 nitrogen and oxygen atoms in total. The number of nitrogens with one attached hydrogen (secondary N) is 3. The van der Waals surface area contributed by atoms with Crippen LogP contribution < -0.4 is 10.6 Å². The number of carbonyl (C=O) groups is 2. The molecule has 1 aromatic carbocycles. The van der Waals surface area contributed by atoms with Crippen LogP contribution in [0.4, 0.5) is 0 Å². The number of amides is 2. The number of carbonyl (C=O) groups excluding carboxylic acids is 2. The molecule has 2 aromatic rings. The first kappa shape index (κ1) is 26.5. The van der Waals surface area contributed by atoms with Gasteiger partial charge in [-0.1, -0.05) is 55.4 Å². The Morgan fingerprint density at radius 2 is 1.69 bits per heavy atom. The van der Waals surface area contributed by atoms with Gasteiger partial charge in [0.05, 0.1) is 0 Å². The molecule has 3 atom stereocenters. The smallest absolute Gasteiger partial charge is 0.246 e. The normalized spacial score (nSPS) is 19.1. The number of aromatic nitrogens is 1. The highest BCUT2D eigenvalue weighted by atomic mass is 16.3. The zero-order chi connectivity index (χ0) is 26.1. The summed E-state index contributed by atoms with van der Waals surface area (Å²) in [6, 6.07) is 2.40. The third kappa shape index (κ3) is 5.43. The van der Waals surface area contributed by atoms with Crippen molar-refractivity contribution in [3.05, 3.63) is 70.5 Å². The van der Waals surface area contributed by atoms with E-state index in [0.717, 1.165) is 35.0 Å². The molecule has 0 spiro atoms. The van der Waals surface area contributed by atoms with Crippen LogP contribution >= 0.6 is 0 Å². The van der Waals surface area contributed by atoms with Gasteiger partial charge in [0.1, 0.15) is 18.2 Å². The highest BCUT2D eigenvalue weighted by Crippen LogP contribution is 2.39. The molecule has 2 amide bonds. The van der Waals surface area contributed by atoms with Crippen LogP contribution in [-0.4, -0.2) is 34.0 Å². The molecule has 3 rings (SSSR count). The Morgan fingerprint density at radius 3 is 2.29 bits per heavy atom. The maximum atomic E-state index is 12.8. The van der Waals surface area contributed by atoms with Gasteiger partial charge in [-0.2, -0.15) is 0 Å². The molecule has 0 radical (unpaired) electrons. The number of piperazine rings is 1. The molecule has 2 heterocycles. The summed E-state index contributed by atoms with van der Waals surface area (Å²) in [5, 5.41) is 17.8. The van der Waals surface area contributed by atoms with Gasteiger partial charge in [0.2, 0.25) is 11.8 Å². The quantitative estimate of drug-likeness (QED) is 0.416. The summed E-state index contributed by atoms with van der Waals surface area (Å²) in [5.74, 6) is -0.711. The van der Waals surface area contributed by atoms with Gasteiger partial charge in [-0.05, 0) is 58.6 Å². The van der Waals surface area contributed by atoms with Gasteiger partial charge in [-0.25, -0.2) is 0 Å². The van der Waals surface area contributed by atoms with Crippen molar-refractivity contribution in [1.82, 2.24) is 15.6 Å². The van der Waals surface area contributed by atoms with Crippen LogP contribution in [0.15, 0.2) is 48.1 Å². The minimum absolute atomic E-state index is 0.314.